The molecule has 0 N–H and O–H groups in total. The summed E-state index contributed by atoms with van der Waals surface area (Å²) in [6.07, 6.45) is 2.56. The number of likely N-dealkylation sites (N-methyl/N-ethyl adjacent to an activating group) is 1. The topological polar surface area (TPSA) is 32.8 Å². The van der Waals surface area contributed by atoms with Gasteiger partial charge in [0.25, 0.3) is 5.91 Å². The van der Waals surface area contributed by atoms with Crippen LogP contribution in [0.4, 0.5) is 0 Å². The fourth-order valence-corrected chi connectivity index (χ4v) is 2.96. The first kappa shape index (κ1) is 15.3. The summed E-state index contributed by atoms with van der Waals surface area (Å²) < 4.78 is 5.98. The summed E-state index contributed by atoms with van der Waals surface area (Å²) in [5.74, 6) is 0.786. The van der Waals surface area contributed by atoms with Gasteiger partial charge in [-0.1, -0.05) is 0 Å². The van der Waals surface area contributed by atoms with Crippen LogP contribution in [-0.4, -0.2) is 56.0 Å². The molecule has 1 aliphatic rings. The van der Waals surface area contributed by atoms with Crippen LogP contribution < -0.4 is 4.74 Å². The highest BCUT2D eigenvalue weighted by Gasteiger charge is 2.16. The number of likely N-dealkylation sites (tertiary alicyclic amines) is 1. The van der Waals surface area contributed by atoms with Gasteiger partial charge in [-0.3, -0.25) is 4.79 Å². The van der Waals surface area contributed by atoms with E-state index in [1.165, 1.54) is 12.8 Å². The Kier molecular flexibility index (Phi) is 5.43. The molecule has 1 aromatic rings. The van der Waals surface area contributed by atoms with E-state index < -0.39 is 0 Å². The van der Waals surface area contributed by atoms with E-state index in [1.807, 2.05) is 19.2 Å². The van der Waals surface area contributed by atoms with E-state index in [1.54, 1.807) is 18.1 Å². The van der Waals surface area contributed by atoms with Crippen molar-refractivity contribution >= 4 is 21.8 Å². The van der Waals surface area contributed by atoms with Crippen LogP contribution in [0, 0.1) is 0 Å². The predicted molar refractivity (Wildman–Crippen MR) is 83.3 cm³/mol. The second-order valence-electron chi connectivity index (χ2n) is 5.12. The molecular weight excluding hydrogens is 320 g/mol. The van der Waals surface area contributed by atoms with Crippen LogP contribution in [0.25, 0.3) is 0 Å². The van der Waals surface area contributed by atoms with Crippen molar-refractivity contribution in [3.63, 3.8) is 0 Å². The third kappa shape index (κ3) is 3.73. The van der Waals surface area contributed by atoms with Crippen molar-refractivity contribution in [3.05, 3.63) is 28.2 Å². The molecule has 2 rings (SSSR count). The number of carbonyl (C=O) groups is 1. The molecule has 5 heteroatoms. The molecule has 1 aliphatic heterocycles. The molecule has 0 aromatic heterocycles. The van der Waals surface area contributed by atoms with Crippen molar-refractivity contribution in [1.29, 1.82) is 0 Å². The Labute approximate surface area is 128 Å². The lowest BCUT2D eigenvalue weighted by Gasteiger charge is -2.21. The Morgan fingerprint density at radius 1 is 1.40 bits per heavy atom. The van der Waals surface area contributed by atoms with Gasteiger partial charge in [-0.15, -0.1) is 0 Å². The van der Waals surface area contributed by atoms with Gasteiger partial charge in [-0.25, -0.2) is 0 Å². The van der Waals surface area contributed by atoms with E-state index >= 15 is 0 Å². The molecule has 0 atom stereocenters. The van der Waals surface area contributed by atoms with Gasteiger partial charge in [-0.2, -0.15) is 0 Å². The highest BCUT2D eigenvalue weighted by molar-refractivity contribution is 9.10. The van der Waals surface area contributed by atoms with Crippen LogP contribution in [0.3, 0.4) is 0 Å². The third-order valence-electron chi connectivity index (χ3n) is 3.70. The molecule has 4 nitrogen and oxygen atoms in total. The Balaban J connectivity index is 1.93. The summed E-state index contributed by atoms with van der Waals surface area (Å²) in [4.78, 5) is 16.5. The second-order valence-corrected chi connectivity index (χ2v) is 5.98. The minimum absolute atomic E-state index is 0.0487. The van der Waals surface area contributed by atoms with Crippen LogP contribution in [0.1, 0.15) is 23.2 Å². The Morgan fingerprint density at radius 2 is 2.10 bits per heavy atom. The van der Waals surface area contributed by atoms with E-state index in [0.717, 1.165) is 36.4 Å². The molecule has 1 saturated heterocycles. The zero-order chi connectivity index (χ0) is 14.5. The molecule has 1 aromatic carbocycles. The first-order chi connectivity index (χ1) is 9.61. The summed E-state index contributed by atoms with van der Waals surface area (Å²) in [5, 5.41) is 0. The van der Waals surface area contributed by atoms with Gasteiger partial charge in [0.05, 0.1) is 11.6 Å². The van der Waals surface area contributed by atoms with E-state index in [9.17, 15) is 4.79 Å². The van der Waals surface area contributed by atoms with Gasteiger partial charge in [0.15, 0.2) is 0 Å². The van der Waals surface area contributed by atoms with Crippen LogP contribution in [0.5, 0.6) is 5.75 Å². The van der Waals surface area contributed by atoms with Crippen LogP contribution >= 0.6 is 15.9 Å². The summed E-state index contributed by atoms with van der Waals surface area (Å²) in [6, 6.07) is 5.43. The second kappa shape index (κ2) is 7.09. The Morgan fingerprint density at radius 3 is 2.70 bits per heavy atom. The van der Waals surface area contributed by atoms with Crippen molar-refractivity contribution in [2.24, 2.45) is 0 Å². The van der Waals surface area contributed by atoms with Crippen LogP contribution in [-0.2, 0) is 0 Å². The summed E-state index contributed by atoms with van der Waals surface area (Å²) >= 11 is 3.41. The number of benzene rings is 1. The number of nitrogens with zero attached hydrogens (tertiary/aromatic N) is 2. The van der Waals surface area contributed by atoms with E-state index in [-0.39, 0.29) is 5.91 Å². The first-order valence-corrected chi connectivity index (χ1v) is 7.72. The molecule has 0 spiro atoms. The molecule has 0 saturated carbocycles. The normalized spacial score (nSPS) is 15.3. The lowest BCUT2D eigenvalue weighted by atomic mass is 10.2. The number of hydrogen-bond acceptors (Lipinski definition) is 3. The van der Waals surface area contributed by atoms with E-state index in [4.69, 9.17) is 4.74 Å². The van der Waals surface area contributed by atoms with Crippen molar-refractivity contribution in [2.75, 3.05) is 40.3 Å². The highest BCUT2D eigenvalue weighted by Crippen LogP contribution is 2.25. The van der Waals surface area contributed by atoms with Crippen molar-refractivity contribution in [1.82, 2.24) is 9.80 Å². The summed E-state index contributed by atoms with van der Waals surface area (Å²) in [6.45, 7) is 4.05. The first-order valence-electron chi connectivity index (χ1n) is 6.93. The number of methoxy groups -OCH3 is 1. The molecular formula is C15H21BrN2O2. The monoisotopic (exact) mass is 340 g/mol. The number of halogens is 1. The standard InChI is InChI=1S/C15H21BrN2O2/c1-17(9-10-18-7-3-4-8-18)15(19)12-5-6-14(20-2)13(16)11-12/h5-6,11H,3-4,7-10H2,1-2H3. The van der Waals surface area contributed by atoms with E-state index in [0.29, 0.717) is 5.56 Å². The minimum atomic E-state index is 0.0487. The molecule has 0 bridgehead atoms. The van der Waals surface area contributed by atoms with Crippen LogP contribution in [0.2, 0.25) is 0 Å². The maximum absolute atomic E-state index is 12.3. The lowest BCUT2D eigenvalue weighted by Crippen LogP contribution is -2.35. The average Bonchev–Trinajstić information content (AvgIpc) is 2.97. The smallest absolute Gasteiger partial charge is 0.253 e. The minimum Gasteiger partial charge on any atom is -0.496 e. The van der Waals surface area contributed by atoms with E-state index in [2.05, 4.69) is 20.8 Å². The largest absolute Gasteiger partial charge is 0.496 e. The summed E-state index contributed by atoms with van der Waals surface area (Å²) in [7, 11) is 3.47. The predicted octanol–water partition coefficient (Wildman–Crippen LogP) is 2.63. The molecule has 1 fully saturated rings. The maximum atomic E-state index is 12.3. The zero-order valence-corrected chi connectivity index (χ0v) is 13.6. The number of amides is 1. The Bertz CT molecular complexity index is 473. The SMILES string of the molecule is COc1ccc(C(=O)N(C)CCN2CCCC2)cc1Br. The highest BCUT2D eigenvalue weighted by atomic mass is 79.9. The molecule has 110 valence electrons. The Hall–Kier alpha value is -1.07. The van der Waals surface area contributed by atoms with Crippen molar-refractivity contribution < 1.29 is 9.53 Å². The van der Waals surface area contributed by atoms with Crippen molar-refractivity contribution in [3.8, 4) is 5.75 Å². The molecule has 1 amide bonds. The van der Waals surface area contributed by atoms with Gasteiger partial charge in [0.2, 0.25) is 0 Å². The number of ether oxygens (including phenoxy) is 1. The van der Waals surface area contributed by atoms with Gasteiger partial charge in [0.1, 0.15) is 5.75 Å². The molecule has 0 unspecified atom stereocenters. The van der Waals surface area contributed by atoms with Gasteiger partial charge in [-0.05, 0) is 60.1 Å². The number of rotatable bonds is 5. The summed E-state index contributed by atoms with van der Waals surface area (Å²) in [5.41, 5.74) is 0.682. The maximum Gasteiger partial charge on any atom is 0.253 e. The molecule has 0 radical (unpaired) electrons. The fourth-order valence-electron chi connectivity index (χ4n) is 2.42. The quantitative estimate of drug-likeness (QED) is 0.825. The van der Waals surface area contributed by atoms with Crippen molar-refractivity contribution in [2.45, 2.75) is 12.8 Å². The molecule has 20 heavy (non-hydrogen) atoms. The zero-order valence-electron chi connectivity index (χ0n) is 12.1. The number of carbonyl (C=O) groups excluding carboxylic acids is 1. The average molecular weight is 341 g/mol. The fraction of sp³-hybridized carbons (Fsp3) is 0.533. The lowest BCUT2D eigenvalue weighted by molar-refractivity contribution is 0.0782. The molecule has 1 heterocycles. The number of hydrogen-bond donors (Lipinski definition) is 0. The van der Waals surface area contributed by atoms with Crippen LogP contribution in [0.15, 0.2) is 22.7 Å². The third-order valence-corrected chi connectivity index (χ3v) is 4.32. The van der Waals surface area contributed by atoms with Gasteiger partial charge in [0, 0.05) is 25.7 Å². The molecule has 0 aliphatic carbocycles. The van der Waals surface area contributed by atoms with Gasteiger partial charge < -0.3 is 14.5 Å². The van der Waals surface area contributed by atoms with Gasteiger partial charge >= 0.3 is 0 Å².